The molecule has 2 nitrogen and oxygen atoms in total. The van der Waals surface area contributed by atoms with Gasteiger partial charge in [-0.15, -0.1) is 0 Å². The molecule has 0 saturated carbocycles. The van der Waals surface area contributed by atoms with Crippen molar-refractivity contribution in [3.63, 3.8) is 0 Å². The van der Waals surface area contributed by atoms with Gasteiger partial charge in [0.2, 0.25) is 0 Å². The molecule has 0 aliphatic heterocycles. The number of aryl methyl sites for hydroxylation is 4. The molecule has 0 aromatic heterocycles. The molecule has 8 aromatic rings. The van der Waals surface area contributed by atoms with Gasteiger partial charge < -0.3 is 9.13 Å². The average Bonchev–Trinajstić information content (AvgIpc) is 3.29. The first-order valence-electron chi connectivity index (χ1n) is 20.8. The smallest absolute Gasteiger partial charge is 0.309 e. The van der Waals surface area contributed by atoms with Crippen LogP contribution in [0.3, 0.4) is 0 Å². The van der Waals surface area contributed by atoms with Gasteiger partial charge in [-0.1, -0.05) is 182 Å². The first-order valence-corrected chi connectivity index (χ1v) is 25.8. The van der Waals surface area contributed by atoms with Crippen molar-refractivity contribution >= 4 is 69.6 Å². The molecule has 0 saturated heterocycles. The molecule has 0 fully saturated rings. The van der Waals surface area contributed by atoms with Crippen LogP contribution in [0.5, 0.6) is 0 Å². The van der Waals surface area contributed by atoms with E-state index in [4.69, 9.17) is 0 Å². The van der Waals surface area contributed by atoms with Crippen molar-refractivity contribution in [2.24, 2.45) is 0 Å². The SMILES string of the molecule is Cc1cccc(SC(F)(F)F)c1-c1c(C)cccc1P(=O)(c1ccccc1)c1ccccc1.Cc1cccc(SC(F)(F)F)c1-c1c(C)cccc1P(=O)(c1ccccc1)c1ccccc1. The van der Waals surface area contributed by atoms with E-state index >= 15 is 9.13 Å². The lowest BCUT2D eigenvalue weighted by Gasteiger charge is -2.26. The summed E-state index contributed by atoms with van der Waals surface area (Å²) in [5, 5.41) is 3.64. The zero-order chi connectivity index (χ0) is 47.3. The van der Waals surface area contributed by atoms with E-state index in [1.807, 2.05) is 159 Å². The van der Waals surface area contributed by atoms with Crippen LogP contribution in [0.2, 0.25) is 0 Å². The van der Waals surface area contributed by atoms with Crippen molar-refractivity contribution in [1.29, 1.82) is 0 Å². The zero-order valence-corrected chi connectivity index (χ0v) is 39.7. The van der Waals surface area contributed by atoms with Crippen LogP contribution in [0.15, 0.2) is 204 Å². The highest BCUT2D eigenvalue weighted by Gasteiger charge is 2.38. The maximum atomic E-state index is 15.0. The van der Waals surface area contributed by atoms with Gasteiger partial charge in [0.15, 0.2) is 14.3 Å². The van der Waals surface area contributed by atoms with Gasteiger partial charge in [0.05, 0.1) is 0 Å². The summed E-state index contributed by atoms with van der Waals surface area (Å²) >= 11 is -0.267. The van der Waals surface area contributed by atoms with Gasteiger partial charge in [-0.25, -0.2) is 0 Å². The van der Waals surface area contributed by atoms with Gasteiger partial charge in [-0.3, -0.25) is 0 Å². The minimum absolute atomic E-state index is 0.103. The Bertz CT molecular complexity index is 2760. The summed E-state index contributed by atoms with van der Waals surface area (Å²) in [7, 11) is -6.78. The maximum Gasteiger partial charge on any atom is 0.446 e. The first-order chi connectivity index (χ1) is 31.4. The fourth-order valence-corrected chi connectivity index (χ4v) is 15.6. The van der Waals surface area contributed by atoms with E-state index in [9.17, 15) is 26.3 Å². The lowest BCUT2D eigenvalue weighted by Crippen LogP contribution is -2.27. The first kappa shape index (κ1) is 48.4. The minimum Gasteiger partial charge on any atom is -0.309 e. The van der Waals surface area contributed by atoms with Gasteiger partial charge >= 0.3 is 11.0 Å². The molecule has 336 valence electrons. The summed E-state index contributed by atoms with van der Waals surface area (Å²) in [4.78, 5) is 0.205. The molecule has 0 radical (unpaired) electrons. The summed E-state index contributed by atoms with van der Waals surface area (Å²) in [6.07, 6.45) is 0. The predicted octanol–water partition coefficient (Wildman–Crippen LogP) is 14.4. The second-order valence-corrected chi connectivity index (χ2v) is 23.2. The van der Waals surface area contributed by atoms with Crippen LogP contribution >= 0.6 is 37.8 Å². The second-order valence-electron chi connectivity index (χ2n) is 15.5. The maximum absolute atomic E-state index is 15.0. The van der Waals surface area contributed by atoms with Crippen molar-refractivity contribution in [3.8, 4) is 22.3 Å². The van der Waals surface area contributed by atoms with Crippen molar-refractivity contribution < 1.29 is 35.5 Å². The molecule has 0 bridgehead atoms. The number of thioether (sulfide) groups is 2. The molecule has 0 aliphatic carbocycles. The molecule has 0 atom stereocenters. The normalized spacial score (nSPS) is 12.0. The monoisotopic (exact) mass is 964 g/mol. The summed E-state index contributed by atoms with van der Waals surface area (Å²) in [6, 6.07) is 57.4. The summed E-state index contributed by atoms with van der Waals surface area (Å²) in [5.41, 5.74) is -3.78. The van der Waals surface area contributed by atoms with Crippen molar-refractivity contribution in [1.82, 2.24) is 0 Å². The molecule has 0 spiro atoms. The Morgan fingerprint density at radius 2 is 0.561 bits per heavy atom. The van der Waals surface area contributed by atoms with E-state index in [1.54, 1.807) is 50.2 Å². The highest BCUT2D eigenvalue weighted by molar-refractivity contribution is 8.00. The molecular formula is C54H44F6O2P2S2. The second kappa shape index (κ2) is 20.2. The van der Waals surface area contributed by atoms with Crippen molar-refractivity contribution in [3.05, 3.63) is 216 Å². The number of hydrogen-bond acceptors (Lipinski definition) is 4. The van der Waals surface area contributed by atoms with E-state index in [1.165, 1.54) is 12.1 Å². The highest BCUT2D eigenvalue weighted by Crippen LogP contribution is 2.51. The Labute approximate surface area is 390 Å². The van der Waals surface area contributed by atoms with Crippen LogP contribution in [-0.2, 0) is 9.13 Å². The van der Waals surface area contributed by atoms with E-state index in [-0.39, 0.29) is 33.3 Å². The van der Waals surface area contributed by atoms with Gasteiger partial charge in [-0.05, 0) is 108 Å². The highest BCUT2D eigenvalue weighted by atomic mass is 32.2. The standard InChI is InChI=1S/2C27H22F3OPS/c2*1-19-11-9-17-23(25(19)26-20(2)12-10-18-24(26)33-27(28,29)30)32(31,21-13-5-3-6-14-21)22-15-7-4-8-16-22/h2*3-18H,1-2H3. The number of halogens is 6. The molecule has 8 aromatic carbocycles. The van der Waals surface area contributed by atoms with E-state index < -0.39 is 25.3 Å². The van der Waals surface area contributed by atoms with Gasteiger partial charge in [-0.2, -0.15) is 26.3 Å². The Morgan fingerprint density at radius 1 is 0.318 bits per heavy atom. The number of benzene rings is 8. The van der Waals surface area contributed by atoms with Crippen LogP contribution < -0.4 is 31.8 Å². The average molecular weight is 965 g/mol. The topological polar surface area (TPSA) is 34.1 Å². The van der Waals surface area contributed by atoms with Crippen LogP contribution in [0, 0.1) is 27.7 Å². The molecule has 0 amide bonds. The fraction of sp³-hybridized carbons (Fsp3) is 0.111. The van der Waals surface area contributed by atoms with E-state index in [0.717, 1.165) is 11.1 Å². The summed E-state index contributed by atoms with van der Waals surface area (Å²) in [6.45, 7) is 7.30. The molecule has 12 heteroatoms. The Kier molecular flexibility index (Phi) is 14.8. The minimum atomic E-state index is -4.44. The van der Waals surface area contributed by atoms with Crippen molar-refractivity contribution in [2.75, 3.05) is 0 Å². The lowest BCUT2D eigenvalue weighted by molar-refractivity contribution is -0.0336. The quantitative estimate of drug-likeness (QED) is 0.0777. The summed E-state index contributed by atoms with van der Waals surface area (Å²) in [5.74, 6) is 0. The lowest BCUT2D eigenvalue weighted by atomic mass is 9.96. The molecular weight excluding hydrogens is 921 g/mol. The fourth-order valence-electron chi connectivity index (χ4n) is 8.23. The number of rotatable bonds is 10. The molecule has 66 heavy (non-hydrogen) atoms. The van der Waals surface area contributed by atoms with Crippen LogP contribution in [0.1, 0.15) is 22.3 Å². The van der Waals surface area contributed by atoms with Crippen molar-refractivity contribution in [2.45, 2.75) is 48.5 Å². The van der Waals surface area contributed by atoms with Crippen LogP contribution in [-0.4, -0.2) is 11.0 Å². The van der Waals surface area contributed by atoms with Crippen LogP contribution in [0.4, 0.5) is 26.3 Å². The Hall–Kier alpha value is -5.50. The number of hydrogen-bond donors (Lipinski definition) is 0. The van der Waals surface area contributed by atoms with Crippen LogP contribution in [0.25, 0.3) is 22.3 Å². The largest absolute Gasteiger partial charge is 0.446 e. The van der Waals surface area contributed by atoms with Gasteiger partial charge in [0, 0.05) is 41.6 Å². The van der Waals surface area contributed by atoms with E-state index in [0.29, 0.717) is 65.2 Å². The van der Waals surface area contributed by atoms with Gasteiger partial charge in [0.1, 0.15) is 0 Å². The third-order valence-electron chi connectivity index (χ3n) is 11.1. The third kappa shape index (κ3) is 10.4. The molecule has 0 N–H and O–H groups in total. The van der Waals surface area contributed by atoms with Gasteiger partial charge in [0.25, 0.3) is 0 Å². The third-order valence-corrected chi connectivity index (χ3v) is 18.9. The molecule has 0 heterocycles. The Balaban J connectivity index is 0.000000196. The Morgan fingerprint density at radius 3 is 0.818 bits per heavy atom. The number of alkyl halides is 6. The van der Waals surface area contributed by atoms with E-state index in [2.05, 4.69) is 0 Å². The zero-order valence-electron chi connectivity index (χ0n) is 36.3. The summed E-state index contributed by atoms with van der Waals surface area (Å²) < 4.78 is 111. The molecule has 0 unspecified atom stereocenters. The molecule has 0 aliphatic rings. The predicted molar refractivity (Wildman–Crippen MR) is 265 cm³/mol. The molecule has 8 rings (SSSR count).